The monoisotopic (exact) mass is 487 g/mol. The van der Waals surface area contributed by atoms with Crippen LogP contribution >= 0.6 is 11.6 Å². The van der Waals surface area contributed by atoms with Crippen LogP contribution in [0.3, 0.4) is 0 Å². The fraction of sp³-hybridized carbons (Fsp3) is 0.308. The number of morpholine rings is 1. The van der Waals surface area contributed by atoms with E-state index in [9.17, 15) is 0 Å². The Bertz CT molecular complexity index is 1550. The fourth-order valence-electron chi connectivity index (χ4n) is 4.74. The van der Waals surface area contributed by atoms with Crippen molar-refractivity contribution >= 4 is 39.2 Å². The molecule has 8 nitrogen and oxygen atoms in total. The molecule has 2 aromatic carbocycles. The number of aromatic nitrogens is 6. The van der Waals surface area contributed by atoms with Gasteiger partial charge in [-0.15, -0.1) is 10.2 Å². The first kappa shape index (κ1) is 22.0. The highest BCUT2D eigenvalue weighted by Gasteiger charge is 2.22. The van der Waals surface area contributed by atoms with Crippen molar-refractivity contribution < 1.29 is 4.74 Å². The SMILES string of the molecule is Cc1nc2c(-c3nnc(C(C)C)[nH]3)cc(N3CCOCC3)cc2n1-c1ccnc2c(Cl)cccc12. The van der Waals surface area contributed by atoms with Crippen LogP contribution in [0.25, 0.3) is 39.0 Å². The number of nitrogens with one attached hydrogen (secondary N) is 1. The van der Waals surface area contributed by atoms with Gasteiger partial charge in [0.1, 0.15) is 17.2 Å². The van der Waals surface area contributed by atoms with Crippen molar-refractivity contribution in [3.63, 3.8) is 0 Å². The second kappa shape index (κ2) is 8.62. The number of halogens is 1. The van der Waals surface area contributed by atoms with Crippen molar-refractivity contribution in [3.05, 3.63) is 59.3 Å². The molecule has 0 atom stereocenters. The Morgan fingerprint density at radius 3 is 2.66 bits per heavy atom. The topological polar surface area (TPSA) is 84.8 Å². The van der Waals surface area contributed by atoms with Crippen molar-refractivity contribution in [2.75, 3.05) is 31.2 Å². The molecule has 0 aliphatic carbocycles. The lowest BCUT2D eigenvalue weighted by Crippen LogP contribution is -2.36. The average Bonchev–Trinajstić information content (AvgIpc) is 3.49. The average molecular weight is 488 g/mol. The normalized spacial score (nSPS) is 14.5. The third kappa shape index (κ3) is 3.73. The summed E-state index contributed by atoms with van der Waals surface area (Å²) in [6.07, 6.45) is 1.80. The molecule has 1 aliphatic heterocycles. The molecule has 0 radical (unpaired) electrons. The van der Waals surface area contributed by atoms with Crippen LogP contribution in [0.4, 0.5) is 5.69 Å². The summed E-state index contributed by atoms with van der Waals surface area (Å²) >= 11 is 6.48. The highest BCUT2D eigenvalue weighted by Crippen LogP contribution is 2.36. The molecule has 5 aromatic rings. The van der Waals surface area contributed by atoms with Crippen LogP contribution in [-0.2, 0) is 4.74 Å². The standard InChI is InChI=1S/C26H26ClN7O/c1-15(2)25-30-26(32-31-25)19-13-17(33-9-11-35-12-10-33)14-22-24(19)29-16(3)34(22)21-7-8-28-23-18(21)5-4-6-20(23)27/h4-8,13-15H,9-12H2,1-3H3,(H,30,31,32). The maximum atomic E-state index is 6.48. The molecule has 4 heterocycles. The number of pyridine rings is 1. The van der Waals surface area contributed by atoms with Gasteiger partial charge in [0.05, 0.1) is 35.0 Å². The number of anilines is 1. The van der Waals surface area contributed by atoms with E-state index in [0.29, 0.717) is 18.2 Å². The highest BCUT2D eigenvalue weighted by molar-refractivity contribution is 6.35. The second-order valence-corrected chi connectivity index (χ2v) is 9.54. The quantitative estimate of drug-likeness (QED) is 0.371. The number of fused-ring (bicyclic) bond motifs is 2. The predicted octanol–water partition coefficient (Wildman–Crippen LogP) is 5.28. The van der Waals surface area contributed by atoms with Gasteiger partial charge in [0, 0.05) is 41.8 Å². The first-order chi connectivity index (χ1) is 17.0. The molecular weight excluding hydrogens is 462 g/mol. The lowest BCUT2D eigenvalue weighted by Gasteiger charge is -2.29. The van der Waals surface area contributed by atoms with Gasteiger partial charge in [-0.05, 0) is 31.2 Å². The summed E-state index contributed by atoms with van der Waals surface area (Å²) in [5.41, 5.74) is 5.67. The Labute approximate surface area is 207 Å². The number of hydrogen-bond donors (Lipinski definition) is 1. The van der Waals surface area contributed by atoms with Crippen LogP contribution in [0.15, 0.2) is 42.6 Å². The van der Waals surface area contributed by atoms with Gasteiger partial charge in [-0.25, -0.2) is 4.98 Å². The molecule has 3 aromatic heterocycles. The van der Waals surface area contributed by atoms with E-state index in [4.69, 9.17) is 21.3 Å². The number of para-hydroxylation sites is 1. The van der Waals surface area contributed by atoms with Crippen LogP contribution in [0, 0.1) is 6.92 Å². The summed E-state index contributed by atoms with van der Waals surface area (Å²) in [4.78, 5) is 15.3. The minimum Gasteiger partial charge on any atom is -0.378 e. The molecular formula is C26H26ClN7O. The highest BCUT2D eigenvalue weighted by atomic mass is 35.5. The Hall–Kier alpha value is -3.49. The van der Waals surface area contributed by atoms with Crippen molar-refractivity contribution in [3.8, 4) is 17.1 Å². The molecule has 6 rings (SSSR count). The van der Waals surface area contributed by atoms with Gasteiger partial charge in [-0.1, -0.05) is 37.6 Å². The van der Waals surface area contributed by atoms with Gasteiger partial charge in [0.2, 0.25) is 0 Å². The maximum Gasteiger partial charge on any atom is 0.163 e. The van der Waals surface area contributed by atoms with Crippen molar-refractivity contribution in [2.24, 2.45) is 0 Å². The fourth-order valence-corrected chi connectivity index (χ4v) is 4.97. The van der Waals surface area contributed by atoms with E-state index >= 15 is 0 Å². The largest absolute Gasteiger partial charge is 0.378 e. The zero-order valence-corrected chi connectivity index (χ0v) is 20.7. The van der Waals surface area contributed by atoms with E-state index in [0.717, 1.165) is 69.4 Å². The summed E-state index contributed by atoms with van der Waals surface area (Å²) in [5, 5.41) is 10.5. The molecule has 1 N–H and O–H groups in total. The molecule has 1 fully saturated rings. The van der Waals surface area contributed by atoms with Crippen LogP contribution in [0.2, 0.25) is 5.02 Å². The molecule has 0 unspecified atom stereocenters. The van der Waals surface area contributed by atoms with Crippen molar-refractivity contribution in [1.82, 2.24) is 29.7 Å². The number of benzene rings is 2. The molecule has 1 aliphatic rings. The lowest BCUT2D eigenvalue weighted by atomic mass is 10.1. The van der Waals surface area contributed by atoms with Crippen LogP contribution < -0.4 is 4.90 Å². The molecule has 0 spiro atoms. The smallest absolute Gasteiger partial charge is 0.163 e. The molecule has 0 amide bonds. The number of rotatable bonds is 4. The number of aryl methyl sites for hydroxylation is 1. The first-order valence-corrected chi connectivity index (χ1v) is 12.2. The molecule has 0 bridgehead atoms. The minimum absolute atomic E-state index is 0.251. The zero-order chi connectivity index (χ0) is 24.1. The summed E-state index contributed by atoms with van der Waals surface area (Å²) in [7, 11) is 0. The minimum atomic E-state index is 0.251. The van der Waals surface area contributed by atoms with Gasteiger partial charge in [0.25, 0.3) is 0 Å². The molecule has 1 saturated heterocycles. The molecule has 178 valence electrons. The first-order valence-electron chi connectivity index (χ1n) is 11.8. The second-order valence-electron chi connectivity index (χ2n) is 9.13. The molecule has 0 saturated carbocycles. The Morgan fingerprint density at radius 1 is 1.06 bits per heavy atom. The third-order valence-corrected chi connectivity index (χ3v) is 6.84. The molecule has 9 heteroatoms. The number of nitrogens with zero attached hydrogens (tertiary/aromatic N) is 6. The van der Waals surface area contributed by atoms with E-state index in [1.165, 1.54) is 0 Å². The van der Waals surface area contributed by atoms with Crippen molar-refractivity contribution in [2.45, 2.75) is 26.7 Å². The van der Waals surface area contributed by atoms with Gasteiger partial charge in [0.15, 0.2) is 5.82 Å². The van der Waals surface area contributed by atoms with Gasteiger partial charge in [-0.3, -0.25) is 9.55 Å². The number of imidazole rings is 1. The predicted molar refractivity (Wildman–Crippen MR) is 139 cm³/mol. The van der Waals surface area contributed by atoms with Crippen molar-refractivity contribution in [1.29, 1.82) is 0 Å². The van der Waals surface area contributed by atoms with E-state index in [-0.39, 0.29) is 5.92 Å². The Kier molecular flexibility index (Phi) is 5.42. The number of aromatic amines is 1. The van der Waals surface area contributed by atoms with Crippen LogP contribution in [-0.4, -0.2) is 56.0 Å². The van der Waals surface area contributed by atoms with E-state index in [1.54, 1.807) is 6.20 Å². The number of H-pyrrole nitrogens is 1. The van der Waals surface area contributed by atoms with E-state index in [2.05, 4.69) is 55.6 Å². The maximum absolute atomic E-state index is 6.48. The third-order valence-electron chi connectivity index (χ3n) is 6.53. The summed E-state index contributed by atoms with van der Waals surface area (Å²) in [6.45, 7) is 9.30. The van der Waals surface area contributed by atoms with Gasteiger partial charge in [-0.2, -0.15) is 0 Å². The number of ether oxygens (including phenoxy) is 1. The zero-order valence-electron chi connectivity index (χ0n) is 19.9. The summed E-state index contributed by atoms with van der Waals surface area (Å²) < 4.78 is 7.79. The van der Waals surface area contributed by atoms with Gasteiger partial charge >= 0.3 is 0 Å². The van der Waals surface area contributed by atoms with Crippen LogP contribution in [0.1, 0.15) is 31.4 Å². The lowest BCUT2D eigenvalue weighted by molar-refractivity contribution is 0.122. The number of hydrogen-bond acceptors (Lipinski definition) is 6. The Balaban J connectivity index is 1.64. The summed E-state index contributed by atoms with van der Waals surface area (Å²) in [6, 6.07) is 12.3. The Morgan fingerprint density at radius 2 is 1.89 bits per heavy atom. The summed E-state index contributed by atoms with van der Waals surface area (Å²) in [5.74, 6) is 2.70. The van der Waals surface area contributed by atoms with Crippen LogP contribution in [0.5, 0.6) is 0 Å². The van der Waals surface area contributed by atoms with E-state index < -0.39 is 0 Å². The van der Waals surface area contributed by atoms with Gasteiger partial charge < -0.3 is 14.6 Å². The van der Waals surface area contributed by atoms with E-state index in [1.807, 2.05) is 31.2 Å². The molecule has 35 heavy (non-hydrogen) atoms.